The molecule has 27 heavy (non-hydrogen) atoms. The zero-order valence-corrected chi connectivity index (χ0v) is 16.7. The van der Waals surface area contributed by atoms with Crippen LogP contribution in [0.1, 0.15) is 24.5 Å². The number of nitrogens with one attached hydrogen (secondary N) is 2. The fourth-order valence-corrected chi connectivity index (χ4v) is 4.10. The van der Waals surface area contributed by atoms with E-state index in [2.05, 4.69) is 10.0 Å². The Bertz CT molecular complexity index is 867. The molecule has 0 radical (unpaired) electrons. The minimum absolute atomic E-state index is 0.0198. The second-order valence-electron chi connectivity index (χ2n) is 6.31. The van der Waals surface area contributed by atoms with Crippen LogP contribution >= 0.6 is 0 Å². The Balaban J connectivity index is 2.32. The number of hydrogen-bond acceptors (Lipinski definition) is 4. The summed E-state index contributed by atoms with van der Waals surface area (Å²) >= 11 is 0. The highest BCUT2D eigenvalue weighted by molar-refractivity contribution is 7.89. The number of benzene rings is 2. The number of carbonyl (C=O) groups is 1. The van der Waals surface area contributed by atoms with Gasteiger partial charge in [-0.25, -0.2) is 8.42 Å². The van der Waals surface area contributed by atoms with Gasteiger partial charge in [-0.15, -0.1) is 0 Å². The average molecular weight is 391 g/mol. The van der Waals surface area contributed by atoms with E-state index in [1.807, 2.05) is 37.3 Å². The molecule has 2 N–H and O–H groups in total. The van der Waals surface area contributed by atoms with Crippen LogP contribution in [0, 0.1) is 6.92 Å². The molecule has 1 amide bonds. The summed E-state index contributed by atoms with van der Waals surface area (Å²) in [6, 6.07) is 13.3. The normalized spacial score (nSPS) is 12.4. The molecule has 7 heteroatoms. The largest absolute Gasteiger partial charge is 0.495 e. The molecule has 0 saturated carbocycles. The fourth-order valence-electron chi connectivity index (χ4n) is 2.65. The Labute approximate surface area is 161 Å². The van der Waals surface area contributed by atoms with Gasteiger partial charge < -0.3 is 10.1 Å². The first kappa shape index (κ1) is 20.9. The Morgan fingerprint density at radius 3 is 2.48 bits per heavy atom. The number of carbonyl (C=O) groups excluding carboxylic acids is 1. The van der Waals surface area contributed by atoms with Gasteiger partial charge in [0, 0.05) is 6.54 Å². The summed E-state index contributed by atoms with van der Waals surface area (Å²) in [5, 5.41) is 2.77. The van der Waals surface area contributed by atoms with Crippen molar-refractivity contribution in [3.63, 3.8) is 0 Å². The van der Waals surface area contributed by atoms with E-state index in [4.69, 9.17) is 4.74 Å². The van der Waals surface area contributed by atoms with Crippen molar-refractivity contribution >= 4 is 15.9 Å². The lowest BCUT2D eigenvalue weighted by molar-refractivity contribution is -0.122. The molecule has 0 unspecified atom stereocenters. The van der Waals surface area contributed by atoms with Gasteiger partial charge in [0.2, 0.25) is 15.9 Å². The molecule has 2 rings (SSSR count). The average Bonchev–Trinajstić information content (AvgIpc) is 2.66. The highest BCUT2D eigenvalue weighted by Gasteiger charge is 2.28. The third-order valence-corrected chi connectivity index (χ3v) is 5.55. The molecule has 0 aliphatic carbocycles. The van der Waals surface area contributed by atoms with Crippen LogP contribution in [0.15, 0.2) is 53.4 Å². The number of hydrogen-bond donors (Lipinski definition) is 2. The summed E-state index contributed by atoms with van der Waals surface area (Å²) in [5.41, 5.74) is 1.65. The molecule has 146 valence electrons. The van der Waals surface area contributed by atoms with Gasteiger partial charge in [0.25, 0.3) is 0 Å². The van der Waals surface area contributed by atoms with Crippen molar-refractivity contribution in [2.45, 2.75) is 37.6 Å². The SMILES string of the molecule is CCCNC(=O)[C@H](Cc1ccccc1)NS(=O)(=O)c1cc(C)ccc1OC. The number of aryl methyl sites for hydroxylation is 1. The molecule has 2 aromatic carbocycles. The van der Waals surface area contributed by atoms with Crippen LogP contribution < -0.4 is 14.8 Å². The van der Waals surface area contributed by atoms with E-state index in [-0.39, 0.29) is 23.0 Å². The van der Waals surface area contributed by atoms with Crippen LogP contribution in [0.3, 0.4) is 0 Å². The van der Waals surface area contributed by atoms with E-state index in [1.54, 1.807) is 19.1 Å². The Hall–Kier alpha value is -2.38. The van der Waals surface area contributed by atoms with Crippen LogP contribution in [0.5, 0.6) is 5.75 Å². The van der Waals surface area contributed by atoms with Crippen LogP contribution in [-0.2, 0) is 21.2 Å². The summed E-state index contributed by atoms with van der Waals surface area (Å²) < 4.78 is 33.7. The Morgan fingerprint density at radius 2 is 1.85 bits per heavy atom. The first-order valence-corrected chi connectivity index (χ1v) is 10.3. The Kier molecular flexibility index (Phi) is 7.38. The molecule has 0 aliphatic heterocycles. The lowest BCUT2D eigenvalue weighted by Crippen LogP contribution is -2.48. The van der Waals surface area contributed by atoms with Crippen molar-refractivity contribution < 1.29 is 17.9 Å². The minimum atomic E-state index is -3.95. The van der Waals surface area contributed by atoms with Gasteiger partial charge >= 0.3 is 0 Å². The molecule has 6 nitrogen and oxygen atoms in total. The molecule has 0 bridgehead atoms. The second kappa shape index (κ2) is 9.53. The first-order chi connectivity index (χ1) is 12.9. The molecule has 0 fully saturated rings. The molecule has 0 heterocycles. The van der Waals surface area contributed by atoms with E-state index in [0.717, 1.165) is 17.5 Å². The lowest BCUT2D eigenvalue weighted by atomic mass is 10.1. The highest BCUT2D eigenvalue weighted by Crippen LogP contribution is 2.25. The van der Waals surface area contributed by atoms with Gasteiger partial charge in [-0.3, -0.25) is 4.79 Å². The van der Waals surface area contributed by atoms with Crippen molar-refractivity contribution in [3.05, 3.63) is 59.7 Å². The molecule has 0 spiro atoms. The summed E-state index contributed by atoms with van der Waals surface area (Å²) in [6.07, 6.45) is 1.02. The number of amides is 1. The van der Waals surface area contributed by atoms with E-state index in [0.29, 0.717) is 6.54 Å². The topological polar surface area (TPSA) is 84.5 Å². The number of sulfonamides is 1. The van der Waals surface area contributed by atoms with E-state index in [1.165, 1.54) is 13.2 Å². The maximum Gasteiger partial charge on any atom is 0.244 e. The Morgan fingerprint density at radius 1 is 1.15 bits per heavy atom. The first-order valence-electron chi connectivity index (χ1n) is 8.86. The van der Waals surface area contributed by atoms with E-state index >= 15 is 0 Å². The van der Waals surface area contributed by atoms with Gasteiger partial charge in [0.15, 0.2) is 0 Å². The molecular weight excluding hydrogens is 364 g/mol. The van der Waals surface area contributed by atoms with Gasteiger partial charge in [0.1, 0.15) is 16.7 Å². The van der Waals surface area contributed by atoms with Gasteiger partial charge in [-0.2, -0.15) is 4.72 Å². The van der Waals surface area contributed by atoms with Crippen molar-refractivity contribution in [1.82, 2.24) is 10.0 Å². The molecule has 2 aromatic rings. The van der Waals surface area contributed by atoms with E-state index < -0.39 is 16.1 Å². The minimum Gasteiger partial charge on any atom is -0.495 e. The van der Waals surface area contributed by atoms with Crippen LogP contribution in [0.4, 0.5) is 0 Å². The third kappa shape index (κ3) is 5.80. The van der Waals surface area contributed by atoms with Gasteiger partial charge in [0.05, 0.1) is 7.11 Å². The van der Waals surface area contributed by atoms with Crippen molar-refractivity contribution in [3.8, 4) is 5.75 Å². The van der Waals surface area contributed by atoms with E-state index in [9.17, 15) is 13.2 Å². The van der Waals surface area contributed by atoms with Crippen LogP contribution in [0.25, 0.3) is 0 Å². The molecule has 1 atom stereocenters. The van der Waals surface area contributed by atoms with Gasteiger partial charge in [-0.1, -0.05) is 43.3 Å². The fraction of sp³-hybridized carbons (Fsp3) is 0.350. The van der Waals surface area contributed by atoms with Gasteiger partial charge in [-0.05, 0) is 43.0 Å². The quantitative estimate of drug-likeness (QED) is 0.689. The van der Waals surface area contributed by atoms with Crippen molar-refractivity contribution in [2.24, 2.45) is 0 Å². The summed E-state index contributed by atoms with van der Waals surface area (Å²) in [4.78, 5) is 12.6. The molecule has 0 saturated heterocycles. The highest BCUT2D eigenvalue weighted by atomic mass is 32.2. The molecule has 0 aliphatic rings. The second-order valence-corrected chi connectivity index (χ2v) is 7.99. The molecule has 0 aromatic heterocycles. The van der Waals surface area contributed by atoms with Crippen LogP contribution in [0.2, 0.25) is 0 Å². The lowest BCUT2D eigenvalue weighted by Gasteiger charge is -2.19. The summed E-state index contributed by atoms with van der Waals surface area (Å²) in [6.45, 7) is 4.22. The third-order valence-electron chi connectivity index (χ3n) is 4.05. The monoisotopic (exact) mass is 390 g/mol. The summed E-state index contributed by atoms with van der Waals surface area (Å²) in [5.74, 6) is -0.114. The summed E-state index contributed by atoms with van der Waals surface area (Å²) in [7, 11) is -2.53. The standard InChI is InChI=1S/C20H26N2O4S/c1-4-12-21-20(23)17(14-16-8-6-5-7-9-16)22-27(24,25)19-13-15(2)10-11-18(19)26-3/h5-11,13,17,22H,4,12,14H2,1-3H3,(H,21,23)/t17-/m0/s1. The number of rotatable bonds is 9. The van der Waals surface area contributed by atoms with Crippen molar-refractivity contribution in [1.29, 1.82) is 0 Å². The smallest absolute Gasteiger partial charge is 0.244 e. The zero-order valence-electron chi connectivity index (χ0n) is 15.9. The predicted molar refractivity (Wildman–Crippen MR) is 105 cm³/mol. The number of ether oxygens (including phenoxy) is 1. The molecular formula is C20H26N2O4S. The van der Waals surface area contributed by atoms with Crippen molar-refractivity contribution in [2.75, 3.05) is 13.7 Å². The maximum atomic E-state index is 13.0. The maximum absolute atomic E-state index is 13.0. The predicted octanol–water partition coefficient (Wildman–Crippen LogP) is 2.42. The van der Waals surface area contributed by atoms with Crippen LogP contribution in [-0.4, -0.2) is 34.0 Å². The number of methoxy groups -OCH3 is 1. The zero-order chi connectivity index (χ0) is 19.9.